The van der Waals surface area contributed by atoms with Crippen molar-refractivity contribution in [2.45, 2.75) is 33.7 Å². The third-order valence-electron chi connectivity index (χ3n) is 5.90. The van der Waals surface area contributed by atoms with Crippen LogP contribution >= 0.6 is 11.8 Å². The van der Waals surface area contributed by atoms with Gasteiger partial charge in [0, 0.05) is 27.7 Å². The average Bonchev–Trinajstić information content (AvgIpc) is 3.32. The summed E-state index contributed by atoms with van der Waals surface area (Å²) in [6.07, 6.45) is 2.44. The number of aryl methyl sites for hydroxylation is 1. The van der Waals surface area contributed by atoms with E-state index in [2.05, 4.69) is 16.2 Å². The number of aromatic nitrogens is 1. The predicted molar refractivity (Wildman–Crippen MR) is 132 cm³/mol. The molecule has 3 aromatic rings. The summed E-state index contributed by atoms with van der Waals surface area (Å²) < 4.78 is 16.5. The molecule has 8 heteroatoms. The molecule has 5 rings (SSSR count). The van der Waals surface area contributed by atoms with Gasteiger partial charge in [0.25, 0.3) is 5.91 Å². The maximum absolute atomic E-state index is 14.4. The van der Waals surface area contributed by atoms with Crippen LogP contribution in [0.25, 0.3) is 17.0 Å². The summed E-state index contributed by atoms with van der Waals surface area (Å²) in [5.41, 5.74) is 4.50. The van der Waals surface area contributed by atoms with Crippen LogP contribution in [0.1, 0.15) is 35.7 Å². The smallest absolute Gasteiger partial charge is 0.283 e. The molecule has 6 nitrogen and oxygen atoms in total. The molecule has 33 heavy (non-hydrogen) atoms. The van der Waals surface area contributed by atoms with Gasteiger partial charge in [-0.05, 0) is 56.3 Å². The molecule has 166 valence electrons. The zero-order chi connectivity index (χ0) is 23.3. The van der Waals surface area contributed by atoms with E-state index in [1.54, 1.807) is 18.2 Å². The molecule has 1 amide bonds. The third kappa shape index (κ3) is 3.60. The second-order valence-electron chi connectivity index (χ2n) is 8.06. The van der Waals surface area contributed by atoms with Crippen molar-refractivity contribution >= 4 is 50.7 Å². The van der Waals surface area contributed by atoms with E-state index in [4.69, 9.17) is 5.41 Å². The number of amides is 1. The molecule has 0 fully saturated rings. The Morgan fingerprint density at radius 2 is 1.97 bits per heavy atom. The Morgan fingerprint density at radius 1 is 1.18 bits per heavy atom. The Kier molecular flexibility index (Phi) is 5.25. The number of nitrogens with one attached hydrogen (secondary N) is 1. The Morgan fingerprint density at radius 3 is 2.73 bits per heavy atom. The van der Waals surface area contributed by atoms with Crippen LogP contribution in [0.5, 0.6) is 0 Å². The molecule has 0 saturated carbocycles. The van der Waals surface area contributed by atoms with Crippen molar-refractivity contribution < 1.29 is 9.18 Å². The van der Waals surface area contributed by atoms with Gasteiger partial charge in [-0.25, -0.2) is 4.39 Å². The molecule has 0 saturated heterocycles. The van der Waals surface area contributed by atoms with Crippen LogP contribution in [0.3, 0.4) is 0 Å². The number of hydrogen-bond acceptors (Lipinski definition) is 4. The van der Waals surface area contributed by atoms with Crippen molar-refractivity contribution in [1.29, 1.82) is 5.41 Å². The van der Waals surface area contributed by atoms with E-state index in [1.165, 1.54) is 22.8 Å². The van der Waals surface area contributed by atoms with Gasteiger partial charge in [-0.15, -0.1) is 0 Å². The minimum atomic E-state index is -0.451. The van der Waals surface area contributed by atoms with E-state index in [0.717, 1.165) is 32.8 Å². The number of thioether (sulfide) groups is 1. The van der Waals surface area contributed by atoms with Gasteiger partial charge in [-0.2, -0.15) is 15.1 Å². The number of halogens is 1. The molecule has 0 bridgehead atoms. The lowest BCUT2D eigenvalue weighted by atomic mass is 10.0. The van der Waals surface area contributed by atoms with Crippen molar-refractivity contribution in [3.8, 4) is 0 Å². The SMILES string of the molecule is CCC1=NN2C(=N)C(=Cc3c(C)n(Cc4ccccc4F)c4ccc(C)cc34)C(=O)N=C2S1. The molecule has 1 aromatic heterocycles. The van der Waals surface area contributed by atoms with E-state index in [0.29, 0.717) is 23.7 Å². The summed E-state index contributed by atoms with van der Waals surface area (Å²) in [5.74, 6) is -0.690. The summed E-state index contributed by atoms with van der Waals surface area (Å²) in [4.78, 5) is 17.0. The number of hydrogen-bond donors (Lipinski definition) is 1. The summed E-state index contributed by atoms with van der Waals surface area (Å²) in [6, 6.07) is 12.8. The molecule has 0 aliphatic carbocycles. The van der Waals surface area contributed by atoms with Gasteiger partial charge >= 0.3 is 0 Å². The quantitative estimate of drug-likeness (QED) is 0.526. The number of carbonyl (C=O) groups excluding carboxylic acids is 1. The van der Waals surface area contributed by atoms with Crippen LogP contribution in [0.4, 0.5) is 4.39 Å². The fraction of sp³-hybridized carbons (Fsp3) is 0.200. The summed E-state index contributed by atoms with van der Waals surface area (Å²) in [7, 11) is 0. The minimum Gasteiger partial charge on any atom is -0.340 e. The highest BCUT2D eigenvalue weighted by molar-refractivity contribution is 8.26. The summed E-state index contributed by atoms with van der Waals surface area (Å²) in [6.45, 7) is 6.30. The van der Waals surface area contributed by atoms with Gasteiger partial charge < -0.3 is 4.57 Å². The maximum atomic E-state index is 14.4. The summed E-state index contributed by atoms with van der Waals surface area (Å²) in [5, 5.41) is 16.7. The molecule has 0 unspecified atom stereocenters. The van der Waals surface area contributed by atoms with Crippen molar-refractivity contribution in [2.24, 2.45) is 10.1 Å². The number of nitrogens with zero attached hydrogens (tertiary/aromatic N) is 4. The lowest BCUT2D eigenvalue weighted by Crippen LogP contribution is -2.35. The molecule has 1 N–H and O–H groups in total. The normalized spacial score (nSPS) is 17.1. The highest BCUT2D eigenvalue weighted by Crippen LogP contribution is 2.33. The van der Waals surface area contributed by atoms with Gasteiger partial charge in [-0.1, -0.05) is 36.8 Å². The van der Waals surface area contributed by atoms with E-state index in [1.807, 2.05) is 43.5 Å². The number of benzene rings is 2. The first-order valence-corrected chi connectivity index (χ1v) is 11.5. The van der Waals surface area contributed by atoms with Gasteiger partial charge in [0.05, 0.1) is 12.1 Å². The van der Waals surface area contributed by atoms with Crippen LogP contribution in [0.15, 0.2) is 58.1 Å². The predicted octanol–water partition coefficient (Wildman–Crippen LogP) is 5.47. The van der Waals surface area contributed by atoms with Crippen molar-refractivity contribution in [1.82, 2.24) is 9.58 Å². The van der Waals surface area contributed by atoms with Crippen LogP contribution in [-0.4, -0.2) is 31.5 Å². The van der Waals surface area contributed by atoms with Crippen molar-refractivity contribution in [3.63, 3.8) is 0 Å². The third-order valence-corrected chi connectivity index (χ3v) is 6.95. The number of rotatable bonds is 4. The monoisotopic (exact) mass is 459 g/mol. The van der Waals surface area contributed by atoms with Crippen LogP contribution in [-0.2, 0) is 11.3 Å². The van der Waals surface area contributed by atoms with Crippen molar-refractivity contribution in [3.05, 3.63) is 76.2 Å². The van der Waals surface area contributed by atoms with Gasteiger partial charge in [0.2, 0.25) is 5.17 Å². The Labute approximate surface area is 195 Å². The number of amidine groups is 2. The maximum Gasteiger partial charge on any atom is 0.283 e. The van der Waals surface area contributed by atoms with E-state index >= 15 is 0 Å². The number of carbonyl (C=O) groups is 1. The van der Waals surface area contributed by atoms with Gasteiger partial charge in [0.1, 0.15) is 10.9 Å². The first kappa shape index (κ1) is 21.3. The number of aliphatic imine (C=N–C) groups is 1. The fourth-order valence-corrected chi connectivity index (χ4v) is 4.95. The van der Waals surface area contributed by atoms with E-state index in [9.17, 15) is 9.18 Å². The zero-order valence-corrected chi connectivity index (χ0v) is 19.3. The lowest BCUT2D eigenvalue weighted by molar-refractivity contribution is -0.114. The second kappa shape index (κ2) is 8.12. The van der Waals surface area contributed by atoms with Crippen LogP contribution in [0.2, 0.25) is 0 Å². The highest BCUT2D eigenvalue weighted by atomic mass is 32.2. The standard InChI is InChI=1S/C25H22FN5OS/c1-4-22-29-31-23(27)19(24(32)28-25(31)33-22)12-17-15(3)30(13-16-7-5-6-8-20(16)26)21-10-9-14(2)11-18(17)21/h5-12,27H,4,13H2,1-3H3. The summed E-state index contributed by atoms with van der Waals surface area (Å²) >= 11 is 1.32. The number of hydrazone groups is 1. The molecule has 3 heterocycles. The van der Waals surface area contributed by atoms with Crippen LogP contribution in [0, 0.1) is 25.1 Å². The first-order chi connectivity index (χ1) is 15.9. The lowest BCUT2D eigenvalue weighted by Gasteiger charge is -2.20. The second-order valence-corrected chi connectivity index (χ2v) is 9.11. The Bertz CT molecular complexity index is 1430. The molecular weight excluding hydrogens is 437 g/mol. The Hall–Kier alpha value is -3.52. The molecular formula is C25H22FN5OS. The molecule has 0 radical (unpaired) electrons. The topological polar surface area (TPSA) is 73.8 Å². The van der Waals surface area contributed by atoms with Gasteiger partial charge in [0.15, 0.2) is 5.84 Å². The first-order valence-electron chi connectivity index (χ1n) is 10.7. The molecule has 2 aliphatic rings. The average molecular weight is 460 g/mol. The molecule has 0 spiro atoms. The van der Waals surface area contributed by atoms with Gasteiger partial charge in [-0.3, -0.25) is 10.2 Å². The Balaban J connectivity index is 1.65. The largest absolute Gasteiger partial charge is 0.340 e. The van der Waals surface area contributed by atoms with E-state index in [-0.39, 0.29) is 17.2 Å². The minimum absolute atomic E-state index is 0.0167. The van der Waals surface area contributed by atoms with E-state index < -0.39 is 5.91 Å². The number of fused-ring (bicyclic) bond motifs is 2. The molecule has 0 atom stereocenters. The highest BCUT2D eigenvalue weighted by Gasteiger charge is 2.35. The zero-order valence-electron chi connectivity index (χ0n) is 18.5. The van der Waals surface area contributed by atoms with Crippen LogP contribution < -0.4 is 0 Å². The molecule has 2 aromatic carbocycles. The molecule has 2 aliphatic heterocycles. The van der Waals surface area contributed by atoms with Crippen molar-refractivity contribution in [2.75, 3.05) is 0 Å². The fourth-order valence-electron chi connectivity index (χ4n) is 4.12.